The molecule has 0 amide bonds. The average molecular weight is 345 g/mol. The van der Waals surface area contributed by atoms with Gasteiger partial charge in [0.15, 0.2) is 0 Å². The van der Waals surface area contributed by atoms with E-state index in [2.05, 4.69) is 9.82 Å². The average Bonchev–Trinajstić information content (AvgIpc) is 3.02. The highest BCUT2D eigenvalue weighted by atomic mass is 32.2. The number of benzene rings is 2. The van der Waals surface area contributed by atoms with E-state index in [-0.39, 0.29) is 4.90 Å². The fourth-order valence-electron chi connectivity index (χ4n) is 2.39. The summed E-state index contributed by atoms with van der Waals surface area (Å²) in [6, 6.07) is 12.5. The molecule has 0 aliphatic heterocycles. The number of rotatable bonds is 5. The normalized spacial score (nSPS) is 11.4. The van der Waals surface area contributed by atoms with Crippen molar-refractivity contribution in [2.45, 2.75) is 18.4 Å². The Labute approximate surface area is 139 Å². The molecule has 5 nitrogen and oxygen atoms in total. The van der Waals surface area contributed by atoms with Crippen LogP contribution in [0.15, 0.2) is 65.8 Å². The molecule has 3 aromatic rings. The molecule has 0 aliphatic rings. The van der Waals surface area contributed by atoms with E-state index in [0.717, 1.165) is 11.6 Å². The lowest BCUT2D eigenvalue weighted by molar-refractivity contribution is 0.594. The van der Waals surface area contributed by atoms with Crippen molar-refractivity contribution in [3.05, 3.63) is 77.9 Å². The van der Waals surface area contributed by atoms with Gasteiger partial charge in [-0.15, -0.1) is 0 Å². The zero-order chi connectivity index (χ0) is 17.2. The molecular formula is C17H16FN3O2S. The molecule has 0 atom stereocenters. The molecule has 0 saturated carbocycles. The number of hydrogen-bond donors (Lipinski definition) is 1. The van der Waals surface area contributed by atoms with Crippen LogP contribution < -0.4 is 4.72 Å². The van der Waals surface area contributed by atoms with E-state index in [9.17, 15) is 12.8 Å². The van der Waals surface area contributed by atoms with Crippen molar-refractivity contribution in [1.82, 2.24) is 9.78 Å². The van der Waals surface area contributed by atoms with Gasteiger partial charge < -0.3 is 0 Å². The Morgan fingerprint density at radius 2 is 2.00 bits per heavy atom. The maximum Gasteiger partial charge on any atom is 0.262 e. The van der Waals surface area contributed by atoms with Crippen molar-refractivity contribution >= 4 is 15.7 Å². The first kappa shape index (κ1) is 16.2. The highest BCUT2D eigenvalue weighted by molar-refractivity contribution is 7.92. The molecule has 24 heavy (non-hydrogen) atoms. The maximum absolute atomic E-state index is 13.4. The van der Waals surface area contributed by atoms with E-state index >= 15 is 0 Å². The molecule has 2 aromatic carbocycles. The lowest BCUT2D eigenvalue weighted by atomic mass is 10.2. The van der Waals surface area contributed by atoms with Gasteiger partial charge in [0.2, 0.25) is 0 Å². The molecule has 124 valence electrons. The Bertz CT molecular complexity index is 954. The summed E-state index contributed by atoms with van der Waals surface area (Å²) in [4.78, 5) is -0.0695. The number of aryl methyl sites for hydroxylation is 1. The molecule has 3 rings (SSSR count). The van der Waals surface area contributed by atoms with Gasteiger partial charge in [-0.25, -0.2) is 12.8 Å². The second-order valence-corrected chi connectivity index (χ2v) is 7.07. The van der Waals surface area contributed by atoms with Crippen molar-refractivity contribution in [2.75, 3.05) is 4.72 Å². The van der Waals surface area contributed by atoms with Gasteiger partial charge in [-0.05, 0) is 48.4 Å². The van der Waals surface area contributed by atoms with Gasteiger partial charge in [0.05, 0.1) is 11.4 Å². The molecular weight excluding hydrogens is 329 g/mol. The van der Waals surface area contributed by atoms with Crippen LogP contribution in [0.1, 0.15) is 11.1 Å². The summed E-state index contributed by atoms with van der Waals surface area (Å²) in [6.07, 6.45) is 3.51. The molecule has 0 saturated heterocycles. The van der Waals surface area contributed by atoms with Gasteiger partial charge in [-0.3, -0.25) is 9.40 Å². The highest BCUT2D eigenvalue weighted by Gasteiger charge is 2.18. The number of nitrogens with one attached hydrogen (secondary N) is 1. The largest absolute Gasteiger partial charge is 0.280 e. The van der Waals surface area contributed by atoms with Gasteiger partial charge in [0.25, 0.3) is 10.0 Å². The summed E-state index contributed by atoms with van der Waals surface area (Å²) in [5.74, 6) is -0.589. The van der Waals surface area contributed by atoms with Crippen molar-refractivity contribution in [1.29, 1.82) is 0 Å². The molecule has 1 aromatic heterocycles. The topological polar surface area (TPSA) is 64.0 Å². The Balaban J connectivity index is 1.86. The number of aromatic nitrogens is 2. The number of anilines is 1. The molecule has 0 spiro atoms. The smallest absolute Gasteiger partial charge is 0.262 e. The quantitative estimate of drug-likeness (QED) is 0.772. The van der Waals surface area contributed by atoms with Gasteiger partial charge >= 0.3 is 0 Å². The monoisotopic (exact) mass is 345 g/mol. The third kappa shape index (κ3) is 3.62. The summed E-state index contributed by atoms with van der Waals surface area (Å²) in [5.41, 5.74) is 1.80. The summed E-state index contributed by atoms with van der Waals surface area (Å²) in [7, 11) is -3.86. The van der Waals surface area contributed by atoms with Crippen LogP contribution in [0.5, 0.6) is 0 Å². The highest BCUT2D eigenvalue weighted by Crippen LogP contribution is 2.21. The zero-order valence-electron chi connectivity index (χ0n) is 13.0. The number of sulfonamides is 1. The fourth-order valence-corrected chi connectivity index (χ4v) is 3.69. The first-order valence-electron chi connectivity index (χ1n) is 7.29. The molecule has 1 N–H and O–H groups in total. The molecule has 7 heteroatoms. The Kier molecular flexibility index (Phi) is 4.35. The third-order valence-corrected chi connectivity index (χ3v) is 5.05. The van der Waals surface area contributed by atoms with Crippen LogP contribution in [0, 0.1) is 12.7 Å². The number of halogens is 1. The fraction of sp³-hybridized carbons (Fsp3) is 0.118. The molecule has 0 bridgehead atoms. The predicted octanol–water partition coefficient (Wildman–Crippen LogP) is 3.18. The van der Waals surface area contributed by atoms with Crippen LogP contribution in [-0.2, 0) is 16.6 Å². The van der Waals surface area contributed by atoms with Crippen LogP contribution in [0.4, 0.5) is 10.1 Å². The first-order valence-corrected chi connectivity index (χ1v) is 8.78. The van der Waals surface area contributed by atoms with Gasteiger partial charge in [0, 0.05) is 18.1 Å². The first-order chi connectivity index (χ1) is 11.4. The maximum atomic E-state index is 13.4. The van der Waals surface area contributed by atoms with E-state index in [1.54, 1.807) is 36.0 Å². The molecule has 0 unspecified atom stereocenters. The number of hydrogen-bond acceptors (Lipinski definition) is 3. The van der Waals surface area contributed by atoms with Crippen molar-refractivity contribution in [3.8, 4) is 0 Å². The summed E-state index contributed by atoms with van der Waals surface area (Å²) < 4.78 is 42.6. The van der Waals surface area contributed by atoms with E-state index in [1.165, 1.54) is 12.1 Å². The zero-order valence-corrected chi connectivity index (χ0v) is 13.8. The van der Waals surface area contributed by atoms with Gasteiger partial charge in [-0.1, -0.05) is 18.2 Å². The lowest BCUT2D eigenvalue weighted by Gasteiger charge is -2.11. The van der Waals surface area contributed by atoms with Gasteiger partial charge in [0.1, 0.15) is 5.82 Å². The minimum absolute atomic E-state index is 0.0695. The molecule has 0 fully saturated rings. The minimum Gasteiger partial charge on any atom is -0.280 e. The molecule has 0 aliphatic carbocycles. The molecule has 1 heterocycles. The van der Waals surface area contributed by atoms with Gasteiger partial charge in [-0.2, -0.15) is 5.10 Å². The van der Waals surface area contributed by atoms with E-state index in [1.807, 2.05) is 18.3 Å². The predicted molar refractivity (Wildman–Crippen MR) is 89.7 cm³/mol. The Morgan fingerprint density at radius 3 is 2.75 bits per heavy atom. The third-order valence-electron chi connectivity index (χ3n) is 3.52. The van der Waals surface area contributed by atoms with Crippen molar-refractivity contribution in [2.24, 2.45) is 0 Å². The van der Waals surface area contributed by atoms with Crippen molar-refractivity contribution < 1.29 is 12.8 Å². The van der Waals surface area contributed by atoms with Crippen LogP contribution in [-0.4, -0.2) is 18.2 Å². The number of nitrogens with zero attached hydrogens (tertiary/aromatic N) is 2. The lowest BCUT2D eigenvalue weighted by Crippen LogP contribution is -2.14. The second-order valence-electron chi connectivity index (χ2n) is 5.42. The Morgan fingerprint density at radius 1 is 1.17 bits per heavy atom. The standard InChI is InChI=1S/C17H16FN3O2S/c1-13-6-7-15(18)11-17(13)24(22,23)20-16-5-2-4-14(10-16)12-21-9-3-8-19-21/h2-11,20H,12H2,1H3. The van der Waals surface area contributed by atoms with Crippen LogP contribution in [0.2, 0.25) is 0 Å². The summed E-state index contributed by atoms with van der Waals surface area (Å²) in [6.45, 7) is 2.16. The van der Waals surface area contributed by atoms with Crippen LogP contribution >= 0.6 is 0 Å². The second kappa shape index (κ2) is 6.45. The minimum atomic E-state index is -3.86. The van der Waals surface area contributed by atoms with E-state index in [0.29, 0.717) is 17.8 Å². The van der Waals surface area contributed by atoms with E-state index in [4.69, 9.17) is 0 Å². The Hall–Kier alpha value is -2.67. The summed E-state index contributed by atoms with van der Waals surface area (Å²) in [5, 5.41) is 4.12. The summed E-state index contributed by atoms with van der Waals surface area (Å²) >= 11 is 0. The SMILES string of the molecule is Cc1ccc(F)cc1S(=O)(=O)Nc1cccc(Cn2cccn2)c1. The van der Waals surface area contributed by atoms with Crippen molar-refractivity contribution in [3.63, 3.8) is 0 Å². The van der Waals surface area contributed by atoms with E-state index < -0.39 is 15.8 Å². The van der Waals surface area contributed by atoms with Crippen LogP contribution in [0.3, 0.4) is 0 Å². The van der Waals surface area contributed by atoms with Crippen LogP contribution in [0.25, 0.3) is 0 Å². The molecule has 0 radical (unpaired) electrons.